The van der Waals surface area contributed by atoms with E-state index in [0.717, 1.165) is 13.0 Å². The van der Waals surface area contributed by atoms with Crippen molar-refractivity contribution in [2.75, 3.05) is 31.3 Å². The summed E-state index contributed by atoms with van der Waals surface area (Å²) in [6, 6.07) is 7.03. The standard InChI is InChI=1S/C20H33NO3/c1-6-23-19(24-7-2)10-12-21-15(3)20(4,5)17-14-16(11-13-22)8-9-18(17)21/h8-9,14-15,19,22H,6-7,10-13H2,1-5H3. The number of aliphatic hydroxyl groups excluding tert-OH is 1. The van der Waals surface area contributed by atoms with Gasteiger partial charge in [0.25, 0.3) is 0 Å². The predicted molar refractivity (Wildman–Crippen MR) is 98.7 cm³/mol. The van der Waals surface area contributed by atoms with Gasteiger partial charge in [0, 0.05) is 49.9 Å². The molecule has 0 radical (unpaired) electrons. The summed E-state index contributed by atoms with van der Waals surface area (Å²) < 4.78 is 11.4. The zero-order chi connectivity index (χ0) is 17.7. The van der Waals surface area contributed by atoms with Gasteiger partial charge >= 0.3 is 0 Å². The van der Waals surface area contributed by atoms with E-state index in [2.05, 4.69) is 43.9 Å². The highest BCUT2D eigenvalue weighted by Crippen LogP contribution is 2.45. The summed E-state index contributed by atoms with van der Waals surface area (Å²) in [5.41, 5.74) is 3.99. The molecule has 1 N–H and O–H groups in total. The average Bonchev–Trinajstić information content (AvgIpc) is 2.73. The summed E-state index contributed by atoms with van der Waals surface area (Å²) in [5, 5.41) is 9.21. The first-order chi connectivity index (χ1) is 11.5. The second-order valence-electron chi connectivity index (χ2n) is 7.05. The lowest BCUT2D eigenvalue weighted by molar-refractivity contribution is -0.138. The highest BCUT2D eigenvalue weighted by molar-refractivity contribution is 5.64. The average molecular weight is 335 g/mol. The molecule has 1 atom stereocenters. The van der Waals surface area contributed by atoms with Gasteiger partial charge in [-0.25, -0.2) is 0 Å². The zero-order valence-corrected chi connectivity index (χ0v) is 15.8. The summed E-state index contributed by atoms with van der Waals surface area (Å²) in [6.07, 6.45) is 1.45. The third-order valence-electron chi connectivity index (χ3n) is 5.29. The van der Waals surface area contributed by atoms with Crippen molar-refractivity contribution in [3.63, 3.8) is 0 Å². The van der Waals surface area contributed by atoms with E-state index >= 15 is 0 Å². The Hall–Kier alpha value is -1.10. The number of anilines is 1. The van der Waals surface area contributed by atoms with Gasteiger partial charge in [0.15, 0.2) is 6.29 Å². The van der Waals surface area contributed by atoms with Gasteiger partial charge in [-0.1, -0.05) is 26.0 Å². The molecule has 24 heavy (non-hydrogen) atoms. The van der Waals surface area contributed by atoms with Crippen molar-refractivity contribution in [1.29, 1.82) is 0 Å². The first-order valence-electron chi connectivity index (χ1n) is 9.19. The number of nitrogens with zero attached hydrogens (tertiary/aromatic N) is 1. The highest BCUT2D eigenvalue weighted by atomic mass is 16.7. The Balaban J connectivity index is 2.17. The Kier molecular flexibility index (Phi) is 6.67. The fourth-order valence-corrected chi connectivity index (χ4v) is 3.60. The van der Waals surface area contributed by atoms with Crippen molar-refractivity contribution in [2.24, 2.45) is 0 Å². The molecule has 0 fully saturated rings. The third-order valence-corrected chi connectivity index (χ3v) is 5.29. The molecule has 1 unspecified atom stereocenters. The van der Waals surface area contributed by atoms with E-state index in [1.165, 1.54) is 16.8 Å². The van der Waals surface area contributed by atoms with Gasteiger partial charge in [-0.05, 0) is 44.4 Å². The second-order valence-corrected chi connectivity index (χ2v) is 7.05. The van der Waals surface area contributed by atoms with Crippen molar-refractivity contribution < 1.29 is 14.6 Å². The molecular formula is C20H33NO3. The van der Waals surface area contributed by atoms with Crippen molar-refractivity contribution in [1.82, 2.24) is 0 Å². The van der Waals surface area contributed by atoms with Crippen LogP contribution in [0.25, 0.3) is 0 Å². The Labute approximate surface area is 146 Å². The number of aliphatic hydroxyl groups is 1. The summed E-state index contributed by atoms with van der Waals surface area (Å²) in [5.74, 6) is 0. The summed E-state index contributed by atoms with van der Waals surface area (Å²) in [6.45, 7) is 13.4. The lowest BCUT2D eigenvalue weighted by Crippen LogP contribution is -2.40. The van der Waals surface area contributed by atoms with Gasteiger partial charge in [0.2, 0.25) is 0 Å². The first-order valence-corrected chi connectivity index (χ1v) is 9.19. The van der Waals surface area contributed by atoms with Crippen LogP contribution in [-0.4, -0.2) is 43.8 Å². The molecule has 4 heteroatoms. The van der Waals surface area contributed by atoms with Gasteiger partial charge in [-0.2, -0.15) is 0 Å². The molecule has 1 aromatic rings. The molecule has 1 aliphatic heterocycles. The largest absolute Gasteiger partial charge is 0.396 e. The molecule has 0 aromatic heterocycles. The van der Waals surface area contributed by atoms with Crippen LogP contribution in [0.1, 0.15) is 52.2 Å². The number of fused-ring (bicyclic) bond motifs is 1. The Morgan fingerprint density at radius 2 is 1.88 bits per heavy atom. The summed E-state index contributed by atoms with van der Waals surface area (Å²) >= 11 is 0. The van der Waals surface area contributed by atoms with Crippen LogP contribution in [0.2, 0.25) is 0 Å². The topological polar surface area (TPSA) is 41.9 Å². The molecule has 0 spiro atoms. The molecule has 0 bridgehead atoms. The summed E-state index contributed by atoms with van der Waals surface area (Å²) in [7, 11) is 0. The molecule has 1 aliphatic rings. The van der Waals surface area contributed by atoms with Crippen LogP contribution in [0, 0.1) is 0 Å². The first kappa shape index (κ1) is 19.2. The second kappa shape index (κ2) is 8.32. The van der Waals surface area contributed by atoms with Crippen LogP contribution in [0.3, 0.4) is 0 Å². The Morgan fingerprint density at radius 3 is 2.46 bits per heavy atom. The lowest BCUT2D eigenvalue weighted by atomic mass is 9.80. The molecule has 0 aliphatic carbocycles. The summed E-state index contributed by atoms with van der Waals surface area (Å²) in [4.78, 5) is 2.48. The molecule has 0 saturated carbocycles. The minimum Gasteiger partial charge on any atom is -0.396 e. The number of hydrogen-bond acceptors (Lipinski definition) is 4. The van der Waals surface area contributed by atoms with E-state index in [1.54, 1.807) is 0 Å². The van der Waals surface area contributed by atoms with Crippen LogP contribution in [-0.2, 0) is 21.3 Å². The fourth-order valence-electron chi connectivity index (χ4n) is 3.60. The lowest BCUT2D eigenvalue weighted by Gasteiger charge is -2.32. The molecule has 136 valence electrons. The molecule has 1 aromatic carbocycles. The van der Waals surface area contributed by atoms with Gasteiger partial charge in [-0.15, -0.1) is 0 Å². The van der Waals surface area contributed by atoms with E-state index in [1.807, 2.05) is 13.8 Å². The number of ether oxygens (including phenoxy) is 2. The molecular weight excluding hydrogens is 302 g/mol. The van der Waals surface area contributed by atoms with Crippen molar-refractivity contribution in [3.8, 4) is 0 Å². The molecule has 4 nitrogen and oxygen atoms in total. The van der Waals surface area contributed by atoms with Gasteiger partial charge in [0.1, 0.15) is 0 Å². The highest BCUT2D eigenvalue weighted by Gasteiger charge is 2.41. The van der Waals surface area contributed by atoms with E-state index in [4.69, 9.17) is 9.47 Å². The normalized spacial score (nSPS) is 19.1. The third kappa shape index (κ3) is 3.93. The maximum Gasteiger partial charge on any atom is 0.159 e. The predicted octanol–water partition coefficient (Wildman–Crippen LogP) is 3.50. The maximum absolute atomic E-state index is 9.21. The Morgan fingerprint density at radius 1 is 1.21 bits per heavy atom. The maximum atomic E-state index is 9.21. The molecule has 1 heterocycles. The molecule has 0 amide bonds. The van der Waals surface area contributed by atoms with Crippen molar-refractivity contribution >= 4 is 5.69 Å². The van der Waals surface area contributed by atoms with E-state index in [0.29, 0.717) is 25.7 Å². The SMILES string of the molecule is CCOC(CCN1c2ccc(CCO)cc2C(C)(C)C1C)OCC. The van der Waals surface area contributed by atoms with Crippen LogP contribution >= 0.6 is 0 Å². The van der Waals surface area contributed by atoms with Gasteiger partial charge < -0.3 is 19.5 Å². The minimum absolute atomic E-state index is 0.0908. The Bertz CT molecular complexity index is 524. The van der Waals surface area contributed by atoms with Gasteiger partial charge in [0.05, 0.1) is 0 Å². The van der Waals surface area contributed by atoms with E-state index in [-0.39, 0.29) is 18.3 Å². The van der Waals surface area contributed by atoms with Crippen LogP contribution < -0.4 is 4.90 Å². The molecule has 0 saturated heterocycles. The number of rotatable bonds is 9. The van der Waals surface area contributed by atoms with Crippen LogP contribution in [0.4, 0.5) is 5.69 Å². The van der Waals surface area contributed by atoms with E-state index < -0.39 is 0 Å². The van der Waals surface area contributed by atoms with Crippen LogP contribution in [0.15, 0.2) is 18.2 Å². The number of benzene rings is 1. The monoisotopic (exact) mass is 335 g/mol. The van der Waals surface area contributed by atoms with Gasteiger partial charge in [-0.3, -0.25) is 0 Å². The fraction of sp³-hybridized carbons (Fsp3) is 0.700. The minimum atomic E-state index is -0.131. The smallest absolute Gasteiger partial charge is 0.159 e. The zero-order valence-electron chi connectivity index (χ0n) is 15.8. The van der Waals surface area contributed by atoms with Crippen LogP contribution in [0.5, 0.6) is 0 Å². The van der Waals surface area contributed by atoms with Crippen molar-refractivity contribution in [2.45, 2.75) is 65.2 Å². The van der Waals surface area contributed by atoms with Crippen molar-refractivity contribution in [3.05, 3.63) is 29.3 Å². The molecule has 2 rings (SSSR count). The number of hydrogen-bond donors (Lipinski definition) is 1. The quantitative estimate of drug-likeness (QED) is 0.701. The van der Waals surface area contributed by atoms with E-state index in [9.17, 15) is 5.11 Å².